The third kappa shape index (κ3) is 34.4. The summed E-state index contributed by atoms with van der Waals surface area (Å²) in [6.07, 6.45) is 42.8. The number of aromatic nitrogens is 4. The number of nitrogens with one attached hydrogen (secondary N) is 2. The van der Waals surface area contributed by atoms with E-state index in [2.05, 4.69) is 102 Å². The molecule has 3 heterocycles. The van der Waals surface area contributed by atoms with Crippen LogP contribution in [0.25, 0.3) is 11.2 Å². The second kappa shape index (κ2) is 43.6. The number of fused-ring (bicyclic) bond motifs is 1. The summed E-state index contributed by atoms with van der Waals surface area (Å²) in [6, 6.07) is 0. The van der Waals surface area contributed by atoms with Crippen LogP contribution in [0.4, 0.5) is 5.82 Å². The van der Waals surface area contributed by atoms with E-state index in [-0.39, 0.29) is 59.6 Å². The molecule has 2 aromatic rings. The molecule has 1 saturated heterocycles. The van der Waals surface area contributed by atoms with Gasteiger partial charge in [-0.25, -0.2) is 28.6 Å². The second-order valence-electron chi connectivity index (χ2n) is 22.3. The number of Topliss-reactive ketones (excluding diaryl/α,β-unsaturated/α-hetero) is 1. The normalized spacial score (nSPS) is 18.6. The van der Waals surface area contributed by atoms with Crippen molar-refractivity contribution in [1.82, 2.24) is 30.2 Å². The lowest BCUT2D eigenvalue weighted by atomic mass is 9.87. The molecular weight excluding hydrogens is 1220 g/mol. The van der Waals surface area contributed by atoms with Gasteiger partial charge in [-0.1, -0.05) is 190 Å². The van der Waals surface area contributed by atoms with E-state index in [0.29, 0.717) is 6.42 Å². The Bertz CT molecular complexity index is 2690. The number of aliphatic hydroxyl groups excluding tert-OH is 2. The number of ketones is 1. The van der Waals surface area contributed by atoms with Gasteiger partial charge in [0.05, 0.1) is 26.0 Å². The van der Waals surface area contributed by atoms with Crippen molar-refractivity contribution in [2.24, 2.45) is 5.41 Å². The van der Waals surface area contributed by atoms with Gasteiger partial charge in [0.25, 0.3) is 0 Å². The monoisotopic (exact) mass is 1320 g/mol. The van der Waals surface area contributed by atoms with Crippen LogP contribution in [-0.2, 0) is 55.5 Å². The summed E-state index contributed by atoms with van der Waals surface area (Å²) in [5, 5.41) is 26.3. The van der Waals surface area contributed by atoms with Crippen LogP contribution in [0.15, 0.2) is 73.4 Å². The Labute approximate surface area is 523 Å². The highest BCUT2D eigenvalue weighted by Crippen LogP contribution is 2.61. The molecule has 498 valence electrons. The van der Waals surface area contributed by atoms with Crippen LogP contribution in [0.3, 0.4) is 0 Å². The number of carbonyl (C=O) groups is 4. The van der Waals surface area contributed by atoms with Crippen molar-refractivity contribution in [2.75, 3.05) is 37.8 Å². The van der Waals surface area contributed by atoms with Crippen LogP contribution in [0.5, 0.6) is 0 Å². The third-order valence-corrected chi connectivity index (χ3v) is 18.1. The zero-order valence-corrected chi connectivity index (χ0v) is 54.9. The molecule has 2 aromatic heterocycles. The average molecular weight is 1320 g/mol. The number of hydrogen-bond acceptors (Lipinski definition) is 19. The zero-order valence-electron chi connectivity index (χ0n) is 51.4. The Balaban J connectivity index is 1.13. The van der Waals surface area contributed by atoms with Crippen molar-refractivity contribution < 1.29 is 85.3 Å². The number of carbonyl (C=O) groups excluding carboxylic acids is 4. The molecule has 0 aromatic carbocycles. The molecule has 0 spiro atoms. The Morgan fingerprint density at radius 2 is 1.24 bits per heavy atom. The number of nitrogens with two attached hydrogens (primary N) is 1. The fraction of sp³-hybridized carbons (Fsp3) is 0.678. The van der Waals surface area contributed by atoms with Crippen LogP contribution in [0.1, 0.15) is 194 Å². The van der Waals surface area contributed by atoms with Crippen molar-refractivity contribution in [3.63, 3.8) is 0 Å². The van der Waals surface area contributed by atoms with Gasteiger partial charge in [0.2, 0.25) is 11.8 Å². The zero-order chi connectivity index (χ0) is 64.7. The number of nitrogen functional groups attached to an aromatic ring is 1. The third-order valence-electron chi connectivity index (χ3n) is 14.1. The molecule has 29 heteroatoms. The van der Waals surface area contributed by atoms with Crippen LogP contribution in [0, 0.1) is 5.41 Å². The maximum absolute atomic E-state index is 12.8. The van der Waals surface area contributed by atoms with Gasteiger partial charge < -0.3 is 50.9 Å². The van der Waals surface area contributed by atoms with Gasteiger partial charge in [-0.15, -0.1) is 0 Å². The molecule has 3 rings (SSSR count). The van der Waals surface area contributed by atoms with Crippen molar-refractivity contribution in [3.8, 4) is 0 Å². The van der Waals surface area contributed by atoms with Crippen molar-refractivity contribution >= 4 is 74.9 Å². The van der Waals surface area contributed by atoms with Gasteiger partial charge in [0.15, 0.2) is 22.8 Å². The Morgan fingerprint density at radius 3 is 1.80 bits per heavy atom. The van der Waals surface area contributed by atoms with Gasteiger partial charge in [-0.3, -0.25) is 37.3 Å². The van der Waals surface area contributed by atoms with E-state index in [9.17, 15) is 62.7 Å². The van der Waals surface area contributed by atoms with Gasteiger partial charge >= 0.3 is 23.5 Å². The van der Waals surface area contributed by atoms with E-state index >= 15 is 0 Å². The highest BCUT2D eigenvalue weighted by atomic mass is 32.2. The van der Waals surface area contributed by atoms with Gasteiger partial charge in [0.1, 0.15) is 42.0 Å². The predicted molar refractivity (Wildman–Crippen MR) is 339 cm³/mol. The Morgan fingerprint density at radius 1 is 0.716 bits per heavy atom. The Hall–Kier alpha value is -4.07. The number of imidazole rings is 1. The molecule has 2 unspecified atom stereocenters. The molecule has 0 radical (unpaired) electrons. The molecule has 0 aliphatic carbocycles. The van der Waals surface area contributed by atoms with E-state index in [1.54, 1.807) is 0 Å². The highest BCUT2D eigenvalue weighted by Gasteiger charge is 2.50. The molecule has 0 saturated carbocycles. The summed E-state index contributed by atoms with van der Waals surface area (Å²) in [5.74, 6) is -1.39. The van der Waals surface area contributed by atoms with Gasteiger partial charge in [-0.2, -0.15) is 4.31 Å². The van der Waals surface area contributed by atoms with Crippen molar-refractivity contribution in [2.45, 2.75) is 218 Å². The van der Waals surface area contributed by atoms with Crippen LogP contribution in [-0.4, -0.2) is 128 Å². The summed E-state index contributed by atoms with van der Waals surface area (Å²) in [6.45, 7) is 2.50. The lowest BCUT2D eigenvalue weighted by Gasteiger charge is -2.30. The fourth-order valence-electron chi connectivity index (χ4n) is 9.20. The number of nitrogens with zero attached hydrogens (tertiary/aromatic N) is 4. The van der Waals surface area contributed by atoms with E-state index < -0.39 is 84.6 Å². The first-order valence-corrected chi connectivity index (χ1v) is 36.3. The first kappa shape index (κ1) is 78.2. The van der Waals surface area contributed by atoms with Crippen LogP contribution >= 0.6 is 35.2 Å². The number of hydrogen-bond donors (Lipinski definition) is 9. The molecule has 1 fully saturated rings. The fourth-order valence-corrected chi connectivity index (χ4v) is 12.7. The molecule has 25 nitrogen and oxygen atoms in total. The van der Waals surface area contributed by atoms with Crippen LogP contribution < -0.4 is 16.4 Å². The first-order valence-electron chi connectivity index (χ1n) is 30.8. The number of unbranched alkanes of at least 4 members (excludes halogenated alkanes) is 17. The number of phosphoric acid groups is 3. The average Bonchev–Trinajstić information content (AvgIpc) is 2.62. The molecule has 1 aliphatic heterocycles. The topological polar surface area (TPSA) is 381 Å². The number of rotatable bonds is 50. The van der Waals surface area contributed by atoms with E-state index in [4.69, 9.17) is 19.5 Å². The minimum atomic E-state index is -5.60. The smallest absolute Gasteiger partial charge is 0.386 e. The predicted octanol–water partition coefficient (Wildman–Crippen LogP) is 10.8. The maximum Gasteiger partial charge on any atom is 0.481 e. The van der Waals surface area contributed by atoms with Crippen molar-refractivity contribution in [3.05, 3.63) is 73.4 Å². The quantitative estimate of drug-likeness (QED) is 0.0129. The first-order chi connectivity index (χ1) is 41.9. The number of anilines is 1. The van der Waals surface area contributed by atoms with Gasteiger partial charge in [0, 0.05) is 37.1 Å². The molecule has 7 atom stereocenters. The molecule has 10 N–H and O–H groups in total. The van der Waals surface area contributed by atoms with E-state index in [1.165, 1.54) is 104 Å². The largest absolute Gasteiger partial charge is 0.481 e. The van der Waals surface area contributed by atoms with Crippen molar-refractivity contribution in [1.29, 1.82) is 0 Å². The SMILES string of the molecule is CC/C=C\C/C=C\C/C=C\C/C=C\C/C=C\CCCCCCCCCCCCCCCCCCCC(=O)CC(=O)SCCNC(=O)CCNC(=O)[C@H](O)C(C)(C)COP(=O)(O)OP(=O)(O)OC[C@H]1O[C@@H](n2cnc3c(N)ncnc32)[C@H](O)[C@@H]1OP(=O)(O)O. The summed E-state index contributed by atoms with van der Waals surface area (Å²) in [4.78, 5) is 101. The highest BCUT2D eigenvalue weighted by molar-refractivity contribution is 8.13. The number of aliphatic hydroxyl groups is 2. The minimum absolute atomic E-state index is 0.0261. The minimum Gasteiger partial charge on any atom is -0.386 e. The van der Waals surface area contributed by atoms with E-state index in [1.807, 2.05) is 0 Å². The molecular formula is C59H98N7O18P3S. The second-order valence-corrected chi connectivity index (χ2v) is 27.7. The number of thioether (sulfide) groups is 1. The maximum atomic E-state index is 12.8. The molecule has 2 amide bonds. The lowest BCUT2D eigenvalue weighted by Crippen LogP contribution is -2.46. The molecule has 1 aliphatic rings. The van der Waals surface area contributed by atoms with Crippen LogP contribution in [0.2, 0.25) is 0 Å². The number of amides is 2. The standard InChI is InChI=1S/C59H98N7O18P3S/c1-4-5-6-7-8-9-10-11-12-13-14-15-16-17-18-19-20-21-22-23-24-25-26-27-28-29-30-31-32-33-34-35-36-37-47(67)42-50(69)88-41-40-61-49(68)38-39-62-57(72)54(71)59(2,3)44-81-87(78,79)84-86(76,77)80-43-48-53(83-85(73,74)75)52(70)58(82-48)66-46-65-51-55(60)63-45-64-56(51)66/h5-6,8-9,11-12,14-15,17-18,45-46,48,52-54,58,70-71H,4,7,10,13,16,19-44H2,1-3H3,(H,61,68)(H,62,72)(H,76,77)(H,78,79)(H2,60,63,64)(H2,73,74,75)/b6-5-,9-8-,12-11-,15-14-,18-17-/t48-,52-,53-,54+,58-/m1/s1. The summed E-state index contributed by atoms with van der Waals surface area (Å²) >= 11 is 0.944. The number of phosphoric ester groups is 3. The summed E-state index contributed by atoms with van der Waals surface area (Å²) in [5.41, 5.74) is 4.25. The number of ether oxygens (including phenoxy) is 1. The summed E-state index contributed by atoms with van der Waals surface area (Å²) < 4.78 is 62.6. The van der Waals surface area contributed by atoms with E-state index in [0.717, 1.165) is 86.8 Å². The lowest BCUT2D eigenvalue weighted by molar-refractivity contribution is -0.137. The summed E-state index contributed by atoms with van der Waals surface area (Å²) in [7, 11) is -16.5. The number of allylic oxidation sites excluding steroid dienone is 10. The van der Waals surface area contributed by atoms with Gasteiger partial charge in [-0.05, 0) is 51.4 Å². The molecule has 88 heavy (non-hydrogen) atoms. The molecule has 0 bridgehead atoms. The Kier molecular flexibility index (Phi) is 38.8.